The SMILES string of the molecule is CC(O)C1CCN(C(=O)c2cc(Br)ccc2O)CC1. The average Bonchev–Trinajstić information content (AvgIpc) is 2.41. The molecule has 1 aromatic rings. The van der Waals surface area contributed by atoms with Gasteiger partial charge in [-0.2, -0.15) is 0 Å². The van der Waals surface area contributed by atoms with E-state index in [4.69, 9.17) is 0 Å². The number of amides is 1. The molecule has 1 aromatic carbocycles. The molecule has 1 saturated heterocycles. The van der Waals surface area contributed by atoms with Crippen LogP contribution in [-0.4, -0.2) is 40.2 Å². The summed E-state index contributed by atoms with van der Waals surface area (Å²) in [5.41, 5.74) is 0.324. The van der Waals surface area contributed by atoms with Crippen molar-refractivity contribution in [3.8, 4) is 5.75 Å². The summed E-state index contributed by atoms with van der Waals surface area (Å²) in [4.78, 5) is 14.1. The number of rotatable bonds is 2. The monoisotopic (exact) mass is 327 g/mol. The first kappa shape index (κ1) is 14.3. The molecule has 0 aliphatic carbocycles. The summed E-state index contributed by atoms with van der Waals surface area (Å²) >= 11 is 3.30. The Balaban J connectivity index is 2.07. The van der Waals surface area contributed by atoms with Gasteiger partial charge in [-0.1, -0.05) is 15.9 Å². The van der Waals surface area contributed by atoms with Crippen LogP contribution in [0, 0.1) is 5.92 Å². The summed E-state index contributed by atoms with van der Waals surface area (Å²) in [6.07, 6.45) is 1.28. The average molecular weight is 328 g/mol. The second-order valence-electron chi connectivity index (χ2n) is 5.03. The maximum Gasteiger partial charge on any atom is 0.257 e. The number of aliphatic hydroxyl groups excluding tert-OH is 1. The lowest BCUT2D eigenvalue weighted by molar-refractivity contribution is 0.0519. The standard InChI is InChI=1S/C14H18BrNO3/c1-9(17)10-4-6-16(7-5-10)14(19)12-8-11(15)2-3-13(12)18/h2-3,8-10,17-18H,4-7H2,1H3. The fourth-order valence-electron chi connectivity index (χ4n) is 2.43. The molecule has 0 aromatic heterocycles. The predicted octanol–water partition coefficient (Wildman–Crippen LogP) is 2.39. The van der Waals surface area contributed by atoms with Crippen LogP contribution in [-0.2, 0) is 0 Å². The number of hydrogen-bond acceptors (Lipinski definition) is 3. The van der Waals surface area contributed by atoms with Crippen molar-refractivity contribution < 1.29 is 15.0 Å². The molecular weight excluding hydrogens is 310 g/mol. The summed E-state index contributed by atoms with van der Waals surface area (Å²) in [6.45, 7) is 3.04. The Hall–Kier alpha value is -1.07. The quantitative estimate of drug-likeness (QED) is 0.876. The minimum Gasteiger partial charge on any atom is -0.507 e. The van der Waals surface area contributed by atoms with E-state index in [9.17, 15) is 15.0 Å². The van der Waals surface area contributed by atoms with Gasteiger partial charge < -0.3 is 15.1 Å². The minimum atomic E-state index is -0.323. The van der Waals surface area contributed by atoms with E-state index >= 15 is 0 Å². The number of phenolic OH excluding ortho intramolecular Hbond substituents is 1. The summed E-state index contributed by atoms with van der Waals surface area (Å²) in [6, 6.07) is 4.85. The van der Waals surface area contributed by atoms with E-state index < -0.39 is 0 Å². The fraction of sp³-hybridized carbons (Fsp3) is 0.500. The highest BCUT2D eigenvalue weighted by molar-refractivity contribution is 9.10. The summed E-state index contributed by atoms with van der Waals surface area (Å²) in [5.74, 6) is 0.119. The number of likely N-dealkylation sites (tertiary alicyclic amines) is 1. The second-order valence-corrected chi connectivity index (χ2v) is 5.95. The summed E-state index contributed by atoms with van der Waals surface area (Å²) in [7, 11) is 0. The largest absolute Gasteiger partial charge is 0.507 e. The predicted molar refractivity (Wildman–Crippen MR) is 76.1 cm³/mol. The van der Waals surface area contributed by atoms with Gasteiger partial charge in [0.1, 0.15) is 5.75 Å². The van der Waals surface area contributed by atoms with Crippen LogP contribution in [0.3, 0.4) is 0 Å². The van der Waals surface area contributed by atoms with Gasteiger partial charge in [-0.3, -0.25) is 4.79 Å². The van der Waals surface area contributed by atoms with Crippen LogP contribution >= 0.6 is 15.9 Å². The topological polar surface area (TPSA) is 60.8 Å². The smallest absolute Gasteiger partial charge is 0.257 e. The van der Waals surface area contributed by atoms with E-state index in [0.717, 1.165) is 17.3 Å². The molecule has 1 heterocycles. The number of nitrogens with zero attached hydrogens (tertiary/aromatic N) is 1. The number of hydrogen-bond donors (Lipinski definition) is 2. The van der Waals surface area contributed by atoms with Crippen molar-refractivity contribution in [1.82, 2.24) is 4.90 Å². The first-order valence-electron chi connectivity index (χ1n) is 6.45. The lowest BCUT2D eigenvalue weighted by atomic mass is 9.92. The zero-order chi connectivity index (χ0) is 14.0. The number of halogens is 1. The molecule has 0 spiro atoms. The van der Waals surface area contributed by atoms with E-state index in [2.05, 4.69) is 15.9 Å². The Kier molecular flexibility index (Phi) is 4.47. The number of aliphatic hydroxyl groups is 1. The van der Waals surface area contributed by atoms with Gasteiger partial charge in [0.25, 0.3) is 5.91 Å². The highest BCUT2D eigenvalue weighted by atomic mass is 79.9. The Labute approximate surface area is 121 Å². The Bertz CT molecular complexity index is 468. The van der Waals surface area contributed by atoms with Crippen molar-refractivity contribution >= 4 is 21.8 Å². The second kappa shape index (κ2) is 5.92. The molecule has 5 heteroatoms. The number of phenols is 1. The van der Waals surface area contributed by atoms with E-state index in [1.54, 1.807) is 24.0 Å². The molecule has 2 N–H and O–H groups in total. The maximum absolute atomic E-state index is 12.3. The Morgan fingerprint density at radius 3 is 2.63 bits per heavy atom. The molecule has 4 nitrogen and oxygen atoms in total. The van der Waals surface area contributed by atoms with Gasteiger partial charge in [-0.15, -0.1) is 0 Å². The highest BCUT2D eigenvalue weighted by Gasteiger charge is 2.27. The fourth-order valence-corrected chi connectivity index (χ4v) is 2.80. The minimum absolute atomic E-state index is 0.00542. The molecule has 1 atom stereocenters. The van der Waals surface area contributed by atoms with E-state index in [0.29, 0.717) is 18.7 Å². The first-order valence-corrected chi connectivity index (χ1v) is 7.24. The highest BCUT2D eigenvalue weighted by Crippen LogP contribution is 2.26. The molecule has 0 radical (unpaired) electrons. The lowest BCUT2D eigenvalue weighted by Gasteiger charge is -2.33. The Morgan fingerprint density at radius 1 is 1.42 bits per heavy atom. The van der Waals surface area contributed by atoms with Crippen molar-refractivity contribution in [1.29, 1.82) is 0 Å². The third-order valence-corrected chi connectivity index (χ3v) is 4.19. The number of aromatic hydroxyl groups is 1. The third-order valence-electron chi connectivity index (χ3n) is 3.70. The van der Waals surface area contributed by atoms with Crippen LogP contribution in [0.1, 0.15) is 30.1 Å². The summed E-state index contributed by atoms with van der Waals surface area (Å²) in [5, 5.41) is 19.3. The van der Waals surface area contributed by atoms with Crippen molar-refractivity contribution in [3.05, 3.63) is 28.2 Å². The van der Waals surface area contributed by atoms with Crippen LogP contribution in [0.4, 0.5) is 0 Å². The third kappa shape index (κ3) is 3.28. The Morgan fingerprint density at radius 2 is 2.05 bits per heavy atom. The number of benzene rings is 1. The van der Waals surface area contributed by atoms with Crippen molar-refractivity contribution in [2.45, 2.75) is 25.9 Å². The van der Waals surface area contributed by atoms with Gasteiger partial charge in [0.2, 0.25) is 0 Å². The number of carbonyl (C=O) groups is 1. The maximum atomic E-state index is 12.3. The van der Waals surface area contributed by atoms with E-state index in [1.807, 2.05) is 0 Å². The van der Waals surface area contributed by atoms with E-state index in [1.165, 1.54) is 6.07 Å². The van der Waals surface area contributed by atoms with Gasteiger partial charge in [-0.25, -0.2) is 0 Å². The molecule has 19 heavy (non-hydrogen) atoms. The van der Waals surface area contributed by atoms with E-state index in [-0.39, 0.29) is 23.7 Å². The number of carbonyl (C=O) groups excluding carboxylic acids is 1. The van der Waals surface area contributed by atoms with Crippen LogP contribution in [0.5, 0.6) is 5.75 Å². The van der Waals surface area contributed by atoms with Crippen molar-refractivity contribution in [2.24, 2.45) is 5.92 Å². The lowest BCUT2D eigenvalue weighted by Crippen LogP contribution is -2.40. The van der Waals surface area contributed by atoms with Gasteiger partial charge in [0.15, 0.2) is 0 Å². The first-order chi connectivity index (χ1) is 8.99. The van der Waals surface area contributed by atoms with Gasteiger partial charge in [0.05, 0.1) is 11.7 Å². The zero-order valence-electron chi connectivity index (χ0n) is 10.8. The molecular formula is C14H18BrNO3. The van der Waals surface area contributed by atoms with Gasteiger partial charge in [0, 0.05) is 17.6 Å². The van der Waals surface area contributed by atoms with Crippen LogP contribution in [0.2, 0.25) is 0 Å². The van der Waals surface area contributed by atoms with Crippen molar-refractivity contribution in [3.63, 3.8) is 0 Å². The van der Waals surface area contributed by atoms with Crippen LogP contribution in [0.25, 0.3) is 0 Å². The number of piperidine rings is 1. The molecule has 0 bridgehead atoms. The molecule has 104 valence electrons. The zero-order valence-corrected chi connectivity index (χ0v) is 12.4. The van der Waals surface area contributed by atoms with Gasteiger partial charge in [-0.05, 0) is 43.9 Å². The summed E-state index contributed by atoms with van der Waals surface area (Å²) < 4.78 is 0.771. The molecule has 1 aliphatic heterocycles. The normalized spacial score (nSPS) is 18.4. The molecule has 2 rings (SSSR count). The molecule has 0 saturated carbocycles. The van der Waals surface area contributed by atoms with Crippen LogP contribution < -0.4 is 0 Å². The van der Waals surface area contributed by atoms with Crippen LogP contribution in [0.15, 0.2) is 22.7 Å². The molecule has 1 aliphatic rings. The molecule has 1 unspecified atom stereocenters. The molecule has 1 fully saturated rings. The molecule has 1 amide bonds. The van der Waals surface area contributed by atoms with Crippen molar-refractivity contribution in [2.75, 3.05) is 13.1 Å². The van der Waals surface area contributed by atoms with Gasteiger partial charge >= 0.3 is 0 Å².